The van der Waals surface area contributed by atoms with Crippen LogP contribution in [0.4, 0.5) is 0 Å². The van der Waals surface area contributed by atoms with Crippen molar-refractivity contribution in [3.63, 3.8) is 0 Å². The molecule has 0 saturated heterocycles. The maximum atomic E-state index is 5.64. The maximum Gasteiger partial charge on any atom is 0.176 e. The minimum Gasteiger partial charge on any atom is -0.271 e. The van der Waals surface area contributed by atoms with Crippen LogP contribution in [0.5, 0.6) is 0 Å². The number of tetrazole rings is 1. The van der Waals surface area contributed by atoms with E-state index in [0.29, 0.717) is 12.2 Å². The summed E-state index contributed by atoms with van der Waals surface area (Å²) in [6, 6.07) is 5.79. The number of aromatic nitrogens is 6. The van der Waals surface area contributed by atoms with Gasteiger partial charge in [0.2, 0.25) is 0 Å². The summed E-state index contributed by atoms with van der Waals surface area (Å²) >= 11 is 0. The molecule has 3 aromatic rings. The Kier molecular flexibility index (Phi) is 2.94. The molecule has 3 aromatic heterocycles. The summed E-state index contributed by atoms with van der Waals surface area (Å²) in [7, 11) is 1.73. The molecule has 0 amide bonds. The van der Waals surface area contributed by atoms with Crippen LogP contribution in [0.15, 0.2) is 30.6 Å². The summed E-state index contributed by atoms with van der Waals surface area (Å²) in [5.41, 5.74) is 4.80. The van der Waals surface area contributed by atoms with Gasteiger partial charge in [0.15, 0.2) is 5.82 Å². The topological polar surface area (TPSA) is 99.0 Å². The monoisotopic (exact) mass is 258 g/mol. The lowest BCUT2D eigenvalue weighted by Gasteiger charge is -2.12. The predicted octanol–water partition coefficient (Wildman–Crippen LogP) is -0.395. The Hall–Kier alpha value is -2.32. The van der Waals surface area contributed by atoms with Gasteiger partial charge in [0.1, 0.15) is 0 Å². The van der Waals surface area contributed by atoms with Crippen LogP contribution in [0.2, 0.25) is 0 Å². The smallest absolute Gasteiger partial charge is 0.176 e. The Bertz CT molecular complexity index is 685. The van der Waals surface area contributed by atoms with Gasteiger partial charge >= 0.3 is 0 Å². The van der Waals surface area contributed by atoms with Gasteiger partial charge in [-0.15, -0.1) is 10.2 Å². The molecule has 0 aliphatic rings. The van der Waals surface area contributed by atoms with E-state index in [2.05, 4.69) is 25.9 Å². The number of hydrogen-bond acceptors (Lipinski definition) is 6. The van der Waals surface area contributed by atoms with E-state index in [9.17, 15) is 0 Å². The van der Waals surface area contributed by atoms with Gasteiger partial charge in [-0.3, -0.25) is 11.3 Å². The molecule has 1 unspecified atom stereocenters. The second-order valence-electron chi connectivity index (χ2n) is 4.25. The summed E-state index contributed by atoms with van der Waals surface area (Å²) in [6.45, 7) is 0. The van der Waals surface area contributed by atoms with Crippen molar-refractivity contribution < 1.29 is 0 Å². The van der Waals surface area contributed by atoms with Crippen LogP contribution >= 0.6 is 0 Å². The summed E-state index contributed by atoms with van der Waals surface area (Å²) in [5.74, 6) is 6.28. The van der Waals surface area contributed by atoms with E-state index < -0.39 is 0 Å². The van der Waals surface area contributed by atoms with Crippen LogP contribution in [-0.4, -0.2) is 29.8 Å². The summed E-state index contributed by atoms with van der Waals surface area (Å²) in [6.07, 6.45) is 4.25. The van der Waals surface area contributed by atoms with E-state index >= 15 is 0 Å². The lowest BCUT2D eigenvalue weighted by Crippen LogP contribution is -2.29. The zero-order valence-corrected chi connectivity index (χ0v) is 10.4. The zero-order chi connectivity index (χ0) is 13.2. The highest BCUT2D eigenvalue weighted by Gasteiger charge is 2.17. The first-order valence-electron chi connectivity index (χ1n) is 5.89. The van der Waals surface area contributed by atoms with Crippen molar-refractivity contribution in [1.29, 1.82) is 0 Å². The van der Waals surface area contributed by atoms with Crippen LogP contribution < -0.4 is 11.3 Å². The number of nitrogens with two attached hydrogens (primary N) is 1. The Morgan fingerprint density at radius 1 is 1.42 bits per heavy atom. The Morgan fingerprint density at radius 2 is 2.32 bits per heavy atom. The maximum absolute atomic E-state index is 5.64. The minimum atomic E-state index is -0.107. The molecule has 8 heteroatoms. The third-order valence-electron chi connectivity index (χ3n) is 2.97. The molecule has 0 bridgehead atoms. The number of nitrogens with one attached hydrogen (secondary N) is 1. The van der Waals surface area contributed by atoms with Crippen LogP contribution in [0.3, 0.4) is 0 Å². The van der Waals surface area contributed by atoms with Gasteiger partial charge in [-0.05, 0) is 17.3 Å². The fourth-order valence-electron chi connectivity index (χ4n) is 2.07. The molecule has 0 aliphatic carbocycles. The van der Waals surface area contributed by atoms with Crippen molar-refractivity contribution in [1.82, 2.24) is 35.2 Å². The van der Waals surface area contributed by atoms with Crippen molar-refractivity contribution in [2.45, 2.75) is 12.5 Å². The standard InChI is InChI=1S/C11H14N8/c1-18-16-11(15-17-18)6-9(14-12)8-7-13-19-5-3-2-4-10(8)19/h2-5,7,9,14H,6,12H2,1H3. The third kappa shape index (κ3) is 2.18. The first-order chi connectivity index (χ1) is 9.28. The van der Waals surface area contributed by atoms with E-state index in [1.165, 1.54) is 4.80 Å². The number of hydrogen-bond donors (Lipinski definition) is 2. The molecular weight excluding hydrogens is 244 g/mol. The van der Waals surface area contributed by atoms with Gasteiger partial charge in [-0.1, -0.05) is 6.07 Å². The number of fused-ring (bicyclic) bond motifs is 1. The lowest BCUT2D eigenvalue weighted by atomic mass is 10.1. The second-order valence-corrected chi connectivity index (χ2v) is 4.25. The fourth-order valence-corrected chi connectivity index (χ4v) is 2.07. The quantitative estimate of drug-likeness (QED) is 0.488. The van der Waals surface area contributed by atoms with Gasteiger partial charge in [0, 0.05) is 18.2 Å². The minimum absolute atomic E-state index is 0.107. The molecule has 19 heavy (non-hydrogen) atoms. The number of nitrogens with zero attached hydrogens (tertiary/aromatic N) is 6. The molecule has 0 fully saturated rings. The molecule has 3 N–H and O–H groups in total. The molecule has 3 rings (SSSR count). The highest BCUT2D eigenvalue weighted by Crippen LogP contribution is 2.20. The second kappa shape index (κ2) is 4.75. The summed E-state index contributed by atoms with van der Waals surface area (Å²) in [4.78, 5) is 1.43. The highest BCUT2D eigenvalue weighted by molar-refractivity contribution is 5.54. The first kappa shape index (κ1) is 11.8. The molecule has 1 atom stereocenters. The molecule has 0 aromatic carbocycles. The van der Waals surface area contributed by atoms with Crippen molar-refractivity contribution >= 4 is 5.52 Å². The molecule has 8 nitrogen and oxygen atoms in total. The Balaban J connectivity index is 1.93. The number of hydrazine groups is 1. The molecule has 0 saturated carbocycles. The average Bonchev–Trinajstić information content (AvgIpc) is 3.02. The third-order valence-corrected chi connectivity index (χ3v) is 2.97. The van der Waals surface area contributed by atoms with Crippen LogP contribution in [0, 0.1) is 0 Å². The Labute approximate surface area is 109 Å². The van der Waals surface area contributed by atoms with E-state index in [0.717, 1.165) is 11.1 Å². The van der Waals surface area contributed by atoms with E-state index in [1.54, 1.807) is 13.2 Å². The summed E-state index contributed by atoms with van der Waals surface area (Å²) in [5, 5.41) is 16.2. The molecule has 0 spiro atoms. The predicted molar refractivity (Wildman–Crippen MR) is 67.8 cm³/mol. The molecular formula is C11H14N8. The van der Waals surface area contributed by atoms with E-state index in [4.69, 9.17) is 5.84 Å². The van der Waals surface area contributed by atoms with Gasteiger partial charge < -0.3 is 0 Å². The average molecular weight is 258 g/mol. The van der Waals surface area contributed by atoms with Crippen LogP contribution in [0.1, 0.15) is 17.4 Å². The molecule has 3 heterocycles. The van der Waals surface area contributed by atoms with Gasteiger partial charge in [-0.2, -0.15) is 9.90 Å². The van der Waals surface area contributed by atoms with E-state index in [1.807, 2.05) is 28.9 Å². The number of pyridine rings is 1. The Morgan fingerprint density at radius 3 is 3.05 bits per heavy atom. The molecule has 0 aliphatic heterocycles. The van der Waals surface area contributed by atoms with Gasteiger partial charge in [0.05, 0.1) is 24.8 Å². The van der Waals surface area contributed by atoms with Crippen molar-refractivity contribution in [2.24, 2.45) is 12.9 Å². The summed E-state index contributed by atoms with van der Waals surface area (Å²) < 4.78 is 1.81. The highest BCUT2D eigenvalue weighted by atomic mass is 15.6. The van der Waals surface area contributed by atoms with E-state index in [-0.39, 0.29) is 6.04 Å². The first-order valence-corrected chi connectivity index (χ1v) is 5.89. The number of rotatable bonds is 4. The van der Waals surface area contributed by atoms with Crippen LogP contribution in [-0.2, 0) is 13.5 Å². The fraction of sp³-hybridized carbons (Fsp3) is 0.273. The molecule has 0 radical (unpaired) electrons. The lowest BCUT2D eigenvalue weighted by molar-refractivity contribution is 0.539. The normalized spacial score (nSPS) is 12.9. The van der Waals surface area contributed by atoms with Crippen molar-refractivity contribution in [3.05, 3.63) is 42.0 Å². The van der Waals surface area contributed by atoms with Crippen molar-refractivity contribution in [2.75, 3.05) is 0 Å². The largest absolute Gasteiger partial charge is 0.271 e. The number of aryl methyl sites for hydroxylation is 1. The molecule has 98 valence electrons. The SMILES string of the molecule is Cn1nnc(CC(NN)c2cnn3ccccc23)n1. The van der Waals surface area contributed by atoms with Crippen LogP contribution in [0.25, 0.3) is 5.52 Å². The van der Waals surface area contributed by atoms with Gasteiger partial charge in [0.25, 0.3) is 0 Å². The van der Waals surface area contributed by atoms with Gasteiger partial charge in [-0.25, -0.2) is 4.52 Å². The zero-order valence-electron chi connectivity index (χ0n) is 10.4. The van der Waals surface area contributed by atoms with Crippen molar-refractivity contribution in [3.8, 4) is 0 Å².